The van der Waals surface area contributed by atoms with Crippen LogP contribution in [0.2, 0.25) is 5.02 Å². The molecule has 0 spiro atoms. The van der Waals surface area contributed by atoms with Gasteiger partial charge in [-0.05, 0) is 48.4 Å². The highest BCUT2D eigenvalue weighted by atomic mass is 35.5. The Labute approximate surface area is 189 Å². The second-order valence-electron chi connectivity index (χ2n) is 10.0. The summed E-state index contributed by atoms with van der Waals surface area (Å²) >= 11 is 6.02. The molecular formula is C26H32ClNO3. The summed E-state index contributed by atoms with van der Waals surface area (Å²) in [6.07, 6.45) is 7.72. The summed E-state index contributed by atoms with van der Waals surface area (Å²) in [5.41, 5.74) is 3.60. The topological polar surface area (TPSA) is 49.8 Å². The van der Waals surface area contributed by atoms with E-state index in [1.54, 1.807) is 0 Å². The lowest BCUT2D eigenvalue weighted by Gasteiger charge is -2.52. The van der Waals surface area contributed by atoms with Gasteiger partial charge in [0.05, 0.1) is 12.0 Å². The van der Waals surface area contributed by atoms with Gasteiger partial charge in [0.1, 0.15) is 6.10 Å². The first kappa shape index (κ1) is 21.2. The van der Waals surface area contributed by atoms with Crippen LogP contribution in [0.5, 0.6) is 0 Å². The first-order valence-electron chi connectivity index (χ1n) is 11.6. The van der Waals surface area contributed by atoms with Gasteiger partial charge in [-0.1, -0.05) is 55.3 Å². The van der Waals surface area contributed by atoms with E-state index in [9.17, 15) is 9.90 Å². The van der Waals surface area contributed by atoms with Crippen molar-refractivity contribution in [2.75, 3.05) is 19.6 Å². The summed E-state index contributed by atoms with van der Waals surface area (Å²) in [5, 5.41) is 12.3. The van der Waals surface area contributed by atoms with E-state index >= 15 is 0 Å². The predicted molar refractivity (Wildman–Crippen MR) is 123 cm³/mol. The van der Waals surface area contributed by atoms with Gasteiger partial charge in [0.2, 0.25) is 0 Å². The summed E-state index contributed by atoms with van der Waals surface area (Å²) < 4.78 is 5.83. The number of fused-ring (bicyclic) bond motifs is 2. The van der Waals surface area contributed by atoms with Crippen molar-refractivity contribution in [2.24, 2.45) is 23.2 Å². The molecule has 31 heavy (non-hydrogen) atoms. The largest absolute Gasteiger partial charge is 0.461 e. The van der Waals surface area contributed by atoms with E-state index < -0.39 is 6.10 Å². The lowest BCUT2D eigenvalue weighted by Crippen LogP contribution is -2.54. The van der Waals surface area contributed by atoms with Gasteiger partial charge in [-0.15, -0.1) is 0 Å². The van der Waals surface area contributed by atoms with Gasteiger partial charge in [-0.3, -0.25) is 9.69 Å². The Morgan fingerprint density at radius 3 is 2.74 bits per heavy atom. The number of benzene rings is 1. The Balaban J connectivity index is 1.31. The van der Waals surface area contributed by atoms with Crippen molar-refractivity contribution in [1.82, 2.24) is 4.90 Å². The average molecular weight is 442 g/mol. The minimum absolute atomic E-state index is 0.114. The molecule has 0 amide bonds. The van der Waals surface area contributed by atoms with Crippen LogP contribution in [0, 0.1) is 23.2 Å². The van der Waals surface area contributed by atoms with E-state index in [2.05, 4.69) is 43.0 Å². The van der Waals surface area contributed by atoms with E-state index in [-0.39, 0.29) is 29.3 Å². The molecule has 2 heterocycles. The second kappa shape index (κ2) is 8.06. The highest BCUT2D eigenvalue weighted by Crippen LogP contribution is 2.56. The fraction of sp³-hybridized carbons (Fsp3) is 0.577. The van der Waals surface area contributed by atoms with Crippen LogP contribution in [-0.4, -0.2) is 47.8 Å². The lowest BCUT2D eigenvalue weighted by molar-refractivity contribution is -0.145. The number of allylic oxidation sites excluding steroid dienone is 1. The number of aliphatic hydroxyl groups is 1. The Morgan fingerprint density at radius 2 is 2.03 bits per heavy atom. The van der Waals surface area contributed by atoms with Crippen molar-refractivity contribution < 1.29 is 14.6 Å². The van der Waals surface area contributed by atoms with Crippen molar-refractivity contribution in [3.63, 3.8) is 0 Å². The van der Waals surface area contributed by atoms with Crippen LogP contribution in [0.25, 0.3) is 5.57 Å². The maximum atomic E-state index is 12.9. The van der Waals surface area contributed by atoms with Crippen LogP contribution in [0.4, 0.5) is 0 Å². The first-order valence-corrected chi connectivity index (χ1v) is 12.0. The third-order valence-corrected chi connectivity index (χ3v) is 8.79. The molecule has 1 saturated heterocycles. The first-order chi connectivity index (χ1) is 14.9. The van der Waals surface area contributed by atoms with Crippen molar-refractivity contribution in [3.05, 3.63) is 52.6 Å². The van der Waals surface area contributed by atoms with E-state index in [1.807, 2.05) is 12.1 Å². The molecule has 2 aliphatic carbocycles. The van der Waals surface area contributed by atoms with Crippen molar-refractivity contribution in [1.29, 1.82) is 0 Å². The van der Waals surface area contributed by atoms with Crippen molar-refractivity contribution in [2.45, 2.75) is 51.7 Å². The van der Waals surface area contributed by atoms with Gasteiger partial charge in [0, 0.05) is 42.4 Å². The second-order valence-corrected chi connectivity index (χ2v) is 10.5. The minimum atomic E-state index is -0.533. The van der Waals surface area contributed by atoms with E-state index in [0.29, 0.717) is 12.5 Å². The molecule has 1 saturated carbocycles. The van der Waals surface area contributed by atoms with Gasteiger partial charge < -0.3 is 9.84 Å². The molecule has 0 bridgehead atoms. The molecule has 4 aliphatic rings. The molecule has 1 N–H and O–H groups in total. The molecule has 1 aromatic carbocycles. The zero-order valence-electron chi connectivity index (χ0n) is 18.4. The molecule has 5 rings (SSSR count). The number of aliphatic hydroxyl groups excluding tert-OH is 1. The molecule has 1 aromatic rings. The van der Waals surface area contributed by atoms with Crippen molar-refractivity contribution >= 4 is 23.1 Å². The molecule has 6 atom stereocenters. The zero-order valence-corrected chi connectivity index (χ0v) is 19.1. The highest BCUT2D eigenvalue weighted by Gasteiger charge is 2.59. The Morgan fingerprint density at radius 1 is 1.26 bits per heavy atom. The van der Waals surface area contributed by atoms with Gasteiger partial charge in [0.25, 0.3) is 0 Å². The highest BCUT2D eigenvalue weighted by molar-refractivity contribution is 6.30. The quantitative estimate of drug-likeness (QED) is 0.545. The number of hydrogen-bond donors (Lipinski definition) is 1. The van der Waals surface area contributed by atoms with Crippen LogP contribution in [0.3, 0.4) is 0 Å². The van der Waals surface area contributed by atoms with Crippen LogP contribution in [-0.2, 0) is 9.53 Å². The fourth-order valence-electron chi connectivity index (χ4n) is 6.36. The number of hydrogen-bond acceptors (Lipinski definition) is 4. The number of esters is 1. The lowest BCUT2D eigenvalue weighted by atomic mass is 9.55. The van der Waals surface area contributed by atoms with Gasteiger partial charge in [0.15, 0.2) is 0 Å². The Hall–Kier alpha value is -1.62. The zero-order chi connectivity index (χ0) is 21.8. The third-order valence-electron chi connectivity index (χ3n) is 8.53. The molecule has 0 radical (unpaired) electrons. The Kier molecular flexibility index (Phi) is 5.52. The molecule has 0 unspecified atom stereocenters. The maximum absolute atomic E-state index is 12.9. The summed E-state index contributed by atoms with van der Waals surface area (Å²) in [5.74, 6) is -0.0773. The number of halogens is 1. The SMILES string of the molecule is C[C@@H]1CCC=C2C[C@H]3OC(=O)[C@@H](CN4CC=C(c5ccc(Cl)cc5)CC4)[C@H]3[C@@H](O)[C@@]21C. The predicted octanol–water partition coefficient (Wildman–Crippen LogP) is 4.71. The number of rotatable bonds is 3. The van der Waals surface area contributed by atoms with Crippen LogP contribution < -0.4 is 0 Å². The monoisotopic (exact) mass is 441 g/mol. The summed E-state index contributed by atoms with van der Waals surface area (Å²) in [6.45, 7) is 6.83. The maximum Gasteiger partial charge on any atom is 0.311 e. The smallest absolute Gasteiger partial charge is 0.311 e. The van der Waals surface area contributed by atoms with E-state index in [1.165, 1.54) is 16.7 Å². The van der Waals surface area contributed by atoms with Crippen molar-refractivity contribution in [3.8, 4) is 0 Å². The fourth-order valence-corrected chi connectivity index (χ4v) is 6.48. The molecule has 166 valence electrons. The number of carbonyl (C=O) groups excluding carboxylic acids is 1. The Bertz CT molecular complexity index is 923. The number of nitrogens with zero attached hydrogens (tertiary/aromatic N) is 1. The molecule has 2 aliphatic heterocycles. The van der Waals surface area contributed by atoms with E-state index in [0.717, 1.165) is 43.8 Å². The standard InChI is InChI=1S/C26H32ClNO3/c1-16-4-3-5-19-14-22-23(24(29)26(16,19)2)21(25(30)31-22)15-28-12-10-18(11-13-28)17-6-8-20(27)9-7-17/h5-10,16,21-24,29H,3-4,11-15H2,1-2H3/t16-,21+,22-,23-,24-,26-/m1/s1. The molecule has 2 fully saturated rings. The van der Waals surface area contributed by atoms with E-state index in [4.69, 9.17) is 16.3 Å². The van der Waals surface area contributed by atoms with Gasteiger partial charge >= 0.3 is 5.97 Å². The summed E-state index contributed by atoms with van der Waals surface area (Å²) in [4.78, 5) is 15.2. The molecular weight excluding hydrogens is 410 g/mol. The summed E-state index contributed by atoms with van der Waals surface area (Å²) in [7, 11) is 0. The molecule has 5 heteroatoms. The third kappa shape index (κ3) is 3.57. The van der Waals surface area contributed by atoms with Crippen LogP contribution >= 0.6 is 11.6 Å². The van der Waals surface area contributed by atoms with Gasteiger partial charge in [-0.2, -0.15) is 0 Å². The number of ether oxygens (including phenoxy) is 1. The molecule has 4 nitrogen and oxygen atoms in total. The summed E-state index contributed by atoms with van der Waals surface area (Å²) in [6, 6.07) is 7.99. The average Bonchev–Trinajstić information content (AvgIpc) is 3.07. The van der Waals surface area contributed by atoms with Crippen LogP contribution in [0.1, 0.15) is 45.1 Å². The molecule has 0 aromatic heterocycles. The minimum Gasteiger partial charge on any atom is -0.461 e. The van der Waals surface area contributed by atoms with Gasteiger partial charge in [-0.25, -0.2) is 0 Å². The van der Waals surface area contributed by atoms with Crippen LogP contribution in [0.15, 0.2) is 42.0 Å². The number of carbonyl (C=O) groups is 1. The normalized spacial score (nSPS) is 38.1.